The number of rotatable bonds is 6. The fraction of sp³-hybridized carbons (Fsp3) is 0.647. The lowest BCUT2D eigenvalue weighted by Crippen LogP contribution is -2.29. The summed E-state index contributed by atoms with van der Waals surface area (Å²) in [5.41, 5.74) is 2.78. The number of hydrogen-bond donors (Lipinski definition) is 1. The second-order valence-electron chi connectivity index (χ2n) is 6.10. The topological polar surface area (TPSA) is 12.0 Å². The van der Waals surface area contributed by atoms with Gasteiger partial charge in [0.15, 0.2) is 0 Å². The molecular weight excluding hydrogens is 237 g/mol. The fourth-order valence-electron chi connectivity index (χ4n) is 2.96. The van der Waals surface area contributed by atoms with Crippen LogP contribution in [0.15, 0.2) is 12.1 Å². The largest absolute Gasteiger partial charge is 0.310 e. The summed E-state index contributed by atoms with van der Waals surface area (Å²) in [7, 11) is 0. The molecule has 1 aromatic rings. The molecule has 0 amide bonds. The van der Waals surface area contributed by atoms with Crippen LogP contribution in [0.4, 0.5) is 4.39 Å². The van der Waals surface area contributed by atoms with Crippen molar-refractivity contribution in [2.75, 3.05) is 6.54 Å². The zero-order chi connectivity index (χ0) is 14.0. The summed E-state index contributed by atoms with van der Waals surface area (Å²) >= 11 is 0. The van der Waals surface area contributed by atoms with Crippen molar-refractivity contribution in [1.29, 1.82) is 0 Å². The van der Waals surface area contributed by atoms with Gasteiger partial charge >= 0.3 is 0 Å². The van der Waals surface area contributed by atoms with E-state index in [0.717, 1.165) is 30.0 Å². The SMILES string of the molecule is CCCNC(c1cc(C)c(F)c(C)c1)C(C)C1CC1. The molecule has 106 valence electrons. The Hall–Kier alpha value is -0.890. The van der Waals surface area contributed by atoms with Crippen LogP contribution in [0.1, 0.15) is 55.8 Å². The van der Waals surface area contributed by atoms with Crippen molar-refractivity contribution in [3.8, 4) is 0 Å². The lowest BCUT2D eigenvalue weighted by molar-refractivity contribution is 0.349. The van der Waals surface area contributed by atoms with Crippen LogP contribution in [-0.4, -0.2) is 6.54 Å². The van der Waals surface area contributed by atoms with Crippen LogP contribution in [-0.2, 0) is 0 Å². The number of halogens is 1. The molecule has 0 radical (unpaired) electrons. The number of nitrogens with one attached hydrogen (secondary N) is 1. The highest BCUT2D eigenvalue weighted by atomic mass is 19.1. The first-order chi connectivity index (χ1) is 9.04. The van der Waals surface area contributed by atoms with E-state index in [1.807, 2.05) is 26.0 Å². The molecule has 2 unspecified atom stereocenters. The Morgan fingerprint density at radius 1 is 1.26 bits per heavy atom. The van der Waals surface area contributed by atoms with Gasteiger partial charge in [0.25, 0.3) is 0 Å². The molecule has 1 N–H and O–H groups in total. The van der Waals surface area contributed by atoms with Crippen LogP contribution in [0.25, 0.3) is 0 Å². The minimum atomic E-state index is -0.0583. The van der Waals surface area contributed by atoms with Gasteiger partial charge in [-0.3, -0.25) is 0 Å². The van der Waals surface area contributed by atoms with E-state index in [2.05, 4.69) is 19.2 Å². The van der Waals surface area contributed by atoms with Gasteiger partial charge in [-0.2, -0.15) is 0 Å². The van der Waals surface area contributed by atoms with Crippen molar-refractivity contribution >= 4 is 0 Å². The van der Waals surface area contributed by atoms with Gasteiger partial charge < -0.3 is 5.32 Å². The molecule has 0 aromatic heterocycles. The third-order valence-electron chi connectivity index (χ3n) is 4.32. The van der Waals surface area contributed by atoms with Gasteiger partial charge in [-0.25, -0.2) is 4.39 Å². The maximum absolute atomic E-state index is 13.8. The van der Waals surface area contributed by atoms with Gasteiger partial charge in [-0.05, 0) is 68.2 Å². The van der Waals surface area contributed by atoms with E-state index in [9.17, 15) is 4.39 Å². The van der Waals surface area contributed by atoms with E-state index < -0.39 is 0 Å². The molecule has 0 bridgehead atoms. The number of aryl methyl sites for hydroxylation is 2. The van der Waals surface area contributed by atoms with Gasteiger partial charge in [-0.15, -0.1) is 0 Å². The van der Waals surface area contributed by atoms with E-state index >= 15 is 0 Å². The second kappa shape index (κ2) is 6.04. The maximum Gasteiger partial charge on any atom is 0.129 e. The molecule has 0 aliphatic heterocycles. The third-order valence-corrected chi connectivity index (χ3v) is 4.32. The van der Waals surface area contributed by atoms with Crippen LogP contribution in [0, 0.1) is 31.5 Å². The first-order valence-corrected chi connectivity index (χ1v) is 7.54. The quantitative estimate of drug-likeness (QED) is 0.795. The minimum absolute atomic E-state index is 0.0583. The average Bonchev–Trinajstić information content (AvgIpc) is 3.20. The molecule has 2 heteroatoms. The highest BCUT2D eigenvalue weighted by Gasteiger charge is 2.34. The first kappa shape index (κ1) is 14.5. The number of hydrogen-bond acceptors (Lipinski definition) is 1. The molecule has 1 saturated carbocycles. The molecule has 19 heavy (non-hydrogen) atoms. The van der Waals surface area contributed by atoms with E-state index in [0.29, 0.717) is 12.0 Å². The monoisotopic (exact) mass is 263 g/mol. The van der Waals surface area contributed by atoms with E-state index in [1.54, 1.807) is 0 Å². The highest BCUT2D eigenvalue weighted by Crippen LogP contribution is 2.43. The molecule has 1 nitrogen and oxygen atoms in total. The smallest absolute Gasteiger partial charge is 0.129 e. The number of benzene rings is 1. The third kappa shape index (κ3) is 3.36. The van der Waals surface area contributed by atoms with Crippen LogP contribution < -0.4 is 5.32 Å². The normalized spacial score (nSPS) is 18.4. The van der Waals surface area contributed by atoms with Crippen molar-refractivity contribution < 1.29 is 4.39 Å². The summed E-state index contributed by atoms with van der Waals surface area (Å²) in [4.78, 5) is 0. The Balaban J connectivity index is 2.25. The van der Waals surface area contributed by atoms with Crippen molar-refractivity contribution in [2.24, 2.45) is 11.8 Å². The average molecular weight is 263 g/mol. The maximum atomic E-state index is 13.8. The van der Waals surface area contributed by atoms with Crippen LogP contribution in [0.2, 0.25) is 0 Å². The van der Waals surface area contributed by atoms with Gasteiger partial charge in [0.1, 0.15) is 5.82 Å². The molecule has 1 aromatic carbocycles. The van der Waals surface area contributed by atoms with Crippen LogP contribution >= 0.6 is 0 Å². The lowest BCUT2D eigenvalue weighted by atomic mass is 9.88. The Morgan fingerprint density at radius 2 is 1.84 bits per heavy atom. The molecule has 1 aliphatic carbocycles. The summed E-state index contributed by atoms with van der Waals surface area (Å²) in [5, 5.41) is 3.66. The highest BCUT2D eigenvalue weighted by molar-refractivity contribution is 5.33. The van der Waals surface area contributed by atoms with Gasteiger partial charge in [0, 0.05) is 6.04 Å². The molecule has 0 spiro atoms. The summed E-state index contributed by atoms with van der Waals surface area (Å²) in [6.45, 7) is 9.28. The standard InChI is InChI=1S/C17H26FN/c1-5-8-19-17(13(4)14-6-7-14)15-9-11(2)16(18)12(3)10-15/h9-10,13-14,17,19H,5-8H2,1-4H3. The van der Waals surface area contributed by atoms with E-state index in [-0.39, 0.29) is 5.82 Å². The molecule has 1 fully saturated rings. The predicted octanol–water partition coefficient (Wildman–Crippen LogP) is 4.53. The van der Waals surface area contributed by atoms with Crippen molar-refractivity contribution in [1.82, 2.24) is 5.32 Å². The Bertz CT molecular complexity index is 414. The van der Waals surface area contributed by atoms with Gasteiger partial charge in [-0.1, -0.05) is 26.0 Å². The van der Waals surface area contributed by atoms with Crippen LogP contribution in [0.3, 0.4) is 0 Å². The van der Waals surface area contributed by atoms with Crippen molar-refractivity contribution in [3.05, 3.63) is 34.6 Å². The molecular formula is C17H26FN. The summed E-state index contributed by atoms with van der Waals surface area (Å²) < 4.78 is 13.8. The summed E-state index contributed by atoms with van der Waals surface area (Å²) in [6, 6.07) is 4.41. The van der Waals surface area contributed by atoms with Crippen molar-refractivity contribution in [2.45, 2.75) is 53.0 Å². The van der Waals surface area contributed by atoms with Gasteiger partial charge in [0.05, 0.1) is 0 Å². The minimum Gasteiger partial charge on any atom is -0.310 e. The van der Waals surface area contributed by atoms with E-state index in [1.165, 1.54) is 18.4 Å². The molecule has 2 atom stereocenters. The lowest BCUT2D eigenvalue weighted by Gasteiger charge is -2.26. The second-order valence-corrected chi connectivity index (χ2v) is 6.10. The van der Waals surface area contributed by atoms with Gasteiger partial charge in [0.2, 0.25) is 0 Å². The van der Waals surface area contributed by atoms with E-state index in [4.69, 9.17) is 0 Å². The fourth-order valence-corrected chi connectivity index (χ4v) is 2.96. The molecule has 0 heterocycles. The van der Waals surface area contributed by atoms with Crippen molar-refractivity contribution in [3.63, 3.8) is 0 Å². The Morgan fingerprint density at radius 3 is 2.32 bits per heavy atom. The predicted molar refractivity (Wildman–Crippen MR) is 78.8 cm³/mol. The molecule has 2 rings (SSSR count). The Kier molecular flexibility index (Phi) is 4.62. The Labute approximate surface area is 116 Å². The zero-order valence-corrected chi connectivity index (χ0v) is 12.6. The zero-order valence-electron chi connectivity index (χ0n) is 12.6. The first-order valence-electron chi connectivity index (χ1n) is 7.54. The molecule has 0 saturated heterocycles. The van der Waals surface area contributed by atoms with Crippen LogP contribution in [0.5, 0.6) is 0 Å². The summed E-state index contributed by atoms with van der Waals surface area (Å²) in [5.74, 6) is 1.42. The summed E-state index contributed by atoms with van der Waals surface area (Å²) in [6.07, 6.45) is 3.84. The molecule has 1 aliphatic rings.